The predicted molar refractivity (Wildman–Crippen MR) is 126 cm³/mol. The summed E-state index contributed by atoms with van der Waals surface area (Å²) >= 11 is 0. The zero-order chi connectivity index (χ0) is 22.8. The minimum atomic E-state index is -0.606. The number of hydrogen-bond donors (Lipinski definition) is 1. The van der Waals surface area contributed by atoms with Crippen molar-refractivity contribution in [3.8, 4) is 11.5 Å². The molecule has 2 atom stereocenters. The molecule has 0 aliphatic carbocycles. The van der Waals surface area contributed by atoms with E-state index < -0.39 is 6.04 Å². The highest BCUT2D eigenvalue weighted by atomic mass is 16.5. The number of para-hydroxylation sites is 3. The molecule has 1 fully saturated rings. The van der Waals surface area contributed by atoms with E-state index in [-0.39, 0.29) is 18.0 Å². The minimum Gasteiger partial charge on any atom is -0.497 e. The van der Waals surface area contributed by atoms with Crippen LogP contribution in [-0.4, -0.2) is 42.6 Å². The number of methoxy groups -OCH3 is 1. The van der Waals surface area contributed by atoms with Crippen LogP contribution in [0.15, 0.2) is 78.9 Å². The molecule has 3 aromatic carbocycles. The molecule has 2 heterocycles. The van der Waals surface area contributed by atoms with Crippen LogP contribution in [0.4, 0.5) is 16.2 Å². The quantitative estimate of drug-likeness (QED) is 0.653. The highest BCUT2D eigenvalue weighted by molar-refractivity contribution is 6.02. The van der Waals surface area contributed by atoms with Crippen LogP contribution in [0.2, 0.25) is 0 Å². The molecule has 7 heteroatoms. The maximum atomic E-state index is 13.8. The van der Waals surface area contributed by atoms with Crippen LogP contribution in [-0.2, 0) is 11.3 Å². The average Bonchev–Trinajstić information content (AvgIpc) is 3.28. The summed E-state index contributed by atoms with van der Waals surface area (Å²) in [5.74, 6) is 1.28. The second kappa shape index (κ2) is 8.86. The van der Waals surface area contributed by atoms with Gasteiger partial charge >= 0.3 is 6.03 Å². The Labute approximate surface area is 192 Å². The molecule has 0 aromatic heterocycles. The van der Waals surface area contributed by atoms with E-state index in [9.17, 15) is 9.59 Å². The number of likely N-dealkylation sites (tertiary alicyclic amines) is 1. The Morgan fingerprint density at radius 3 is 2.52 bits per heavy atom. The lowest BCUT2D eigenvalue weighted by Crippen LogP contribution is -2.49. The molecule has 3 aromatic rings. The number of urea groups is 1. The summed E-state index contributed by atoms with van der Waals surface area (Å²) in [6.07, 6.45) is 0.207. The van der Waals surface area contributed by atoms with E-state index in [0.717, 1.165) is 11.3 Å². The minimum absolute atomic E-state index is 0.118. The van der Waals surface area contributed by atoms with Crippen LogP contribution in [0.3, 0.4) is 0 Å². The van der Waals surface area contributed by atoms with Gasteiger partial charge in [0.1, 0.15) is 23.6 Å². The summed E-state index contributed by atoms with van der Waals surface area (Å²) in [6, 6.07) is 23.5. The Kier molecular flexibility index (Phi) is 5.60. The van der Waals surface area contributed by atoms with Crippen molar-refractivity contribution in [3.63, 3.8) is 0 Å². The standard InChI is InChI=1S/C26H25N3O4/c1-32-20-13-11-18(12-14-20)16-28-22-9-5-6-10-24(22)33-21-15-23(25(28)30)29(17-21)26(31)27-19-7-3-2-4-8-19/h2-14,21,23H,15-17H2,1H3,(H,27,31). The third-order valence-corrected chi connectivity index (χ3v) is 6.05. The van der Waals surface area contributed by atoms with E-state index in [1.54, 1.807) is 16.9 Å². The van der Waals surface area contributed by atoms with E-state index >= 15 is 0 Å². The summed E-state index contributed by atoms with van der Waals surface area (Å²) in [4.78, 5) is 30.3. The van der Waals surface area contributed by atoms with Crippen LogP contribution in [0.25, 0.3) is 0 Å². The lowest BCUT2D eigenvalue weighted by Gasteiger charge is -2.31. The molecule has 33 heavy (non-hydrogen) atoms. The van der Waals surface area contributed by atoms with Gasteiger partial charge in [0.25, 0.3) is 0 Å². The molecule has 7 nitrogen and oxygen atoms in total. The SMILES string of the molecule is COc1ccc(CN2C(=O)C3CC(CN3C(=O)Nc3ccccc3)Oc3ccccc32)cc1. The Balaban J connectivity index is 1.45. The zero-order valence-electron chi connectivity index (χ0n) is 18.3. The van der Waals surface area contributed by atoms with Crippen molar-refractivity contribution in [1.29, 1.82) is 0 Å². The second-order valence-electron chi connectivity index (χ2n) is 8.18. The maximum absolute atomic E-state index is 13.8. The number of carbonyl (C=O) groups is 2. The first kappa shape index (κ1) is 20.9. The highest BCUT2D eigenvalue weighted by Gasteiger charge is 2.45. The van der Waals surface area contributed by atoms with E-state index in [0.29, 0.717) is 36.6 Å². The number of anilines is 2. The number of ether oxygens (including phenoxy) is 2. The van der Waals surface area contributed by atoms with Crippen molar-refractivity contribution in [2.24, 2.45) is 0 Å². The monoisotopic (exact) mass is 443 g/mol. The van der Waals surface area contributed by atoms with Crippen molar-refractivity contribution >= 4 is 23.3 Å². The Morgan fingerprint density at radius 2 is 1.76 bits per heavy atom. The topological polar surface area (TPSA) is 71.1 Å². The van der Waals surface area contributed by atoms with Gasteiger partial charge in [-0.25, -0.2) is 4.79 Å². The van der Waals surface area contributed by atoms with Gasteiger partial charge < -0.3 is 24.6 Å². The molecule has 0 radical (unpaired) electrons. The van der Waals surface area contributed by atoms with Crippen molar-refractivity contribution < 1.29 is 19.1 Å². The summed E-state index contributed by atoms with van der Waals surface area (Å²) in [7, 11) is 1.62. The number of nitrogens with one attached hydrogen (secondary N) is 1. The molecule has 3 amide bonds. The van der Waals surface area contributed by atoms with E-state index in [1.807, 2.05) is 78.9 Å². The molecule has 2 bridgehead atoms. The van der Waals surface area contributed by atoms with Gasteiger partial charge in [0.2, 0.25) is 5.91 Å². The van der Waals surface area contributed by atoms with Gasteiger partial charge in [-0.15, -0.1) is 0 Å². The first-order valence-electron chi connectivity index (χ1n) is 10.9. The lowest BCUT2D eigenvalue weighted by molar-refractivity contribution is -0.122. The van der Waals surface area contributed by atoms with Gasteiger partial charge in [0.05, 0.1) is 25.9 Å². The normalized spacial score (nSPS) is 19.2. The van der Waals surface area contributed by atoms with Gasteiger partial charge in [-0.05, 0) is 42.0 Å². The van der Waals surface area contributed by atoms with Crippen LogP contribution in [0, 0.1) is 0 Å². The lowest BCUT2D eigenvalue weighted by atomic mass is 10.1. The van der Waals surface area contributed by atoms with E-state index in [4.69, 9.17) is 9.47 Å². The summed E-state index contributed by atoms with van der Waals surface area (Å²) in [6.45, 7) is 0.707. The van der Waals surface area contributed by atoms with Crippen LogP contribution in [0.1, 0.15) is 12.0 Å². The first-order chi connectivity index (χ1) is 16.1. The Morgan fingerprint density at radius 1 is 1.03 bits per heavy atom. The fourth-order valence-corrected chi connectivity index (χ4v) is 4.39. The number of hydrogen-bond acceptors (Lipinski definition) is 4. The third kappa shape index (κ3) is 4.22. The summed E-state index contributed by atoms with van der Waals surface area (Å²) < 4.78 is 11.5. The number of benzene rings is 3. The zero-order valence-corrected chi connectivity index (χ0v) is 18.3. The molecule has 2 aliphatic rings. The molecule has 1 saturated heterocycles. The molecule has 0 spiro atoms. The van der Waals surface area contributed by atoms with Gasteiger partial charge in [-0.1, -0.05) is 42.5 Å². The molecular weight excluding hydrogens is 418 g/mol. The maximum Gasteiger partial charge on any atom is 0.322 e. The Bertz CT molecular complexity index is 1150. The van der Waals surface area contributed by atoms with Crippen LogP contribution < -0.4 is 19.7 Å². The van der Waals surface area contributed by atoms with Crippen molar-refractivity contribution in [2.45, 2.75) is 25.1 Å². The second-order valence-corrected chi connectivity index (χ2v) is 8.18. The highest BCUT2D eigenvalue weighted by Crippen LogP contribution is 2.37. The van der Waals surface area contributed by atoms with Gasteiger partial charge in [-0.2, -0.15) is 0 Å². The number of carbonyl (C=O) groups excluding carboxylic acids is 2. The number of amides is 3. The first-order valence-corrected chi connectivity index (χ1v) is 10.9. The number of rotatable bonds is 4. The molecule has 2 unspecified atom stereocenters. The average molecular weight is 444 g/mol. The largest absolute Gasteiger partial charge is 0.497 e. The molecular formula is C26H25N3O4. The predicted octanol–water partition coefficient (Wildman–Crippen LogP) is 4.30. The van der Waals surface area contributed by atoms with Crippen molar-refractivity contribution in [3.05, 3.63) is 84.4 Å². The smallest absolute Gasteiger partial charge is 0.322 e. The van der Waals surface area contributed by atoms with Gasteiger partial charge in [0, 0.05) is 12.1 Å². The fraction of sp³-hybridized carbons (Fsp3) is 0.231. The van der Waals surface area contributed by atoms with Crippen LogP contribution in [0.5, 0.6) is 11.5 Å². The summed E-state index contributed by atoms with van der Waals surface area (Å²) in [5, 5.41) is 2.90. The molecule has 168 valence electrons. The Hall–Kier alpha value is -4.00. The number of fused-ring (bicyclic) bond motifs is 3. The van der Waals surface area contributed by atoms with E-state index in [1.165, 1.54) is 0 Å². The third-order valence-electron chi connectivity index (χ3n) is 6.05. The molecule has 1 N–H and O–H groups in total. The van der Waals surface area contributed by atoms with Crippen molar-refractivity contribution in [1.82, 2.24) is 4.90 Å². The van der Waals surface area contributed by atoms with Gasteiger partial charge in [0.15, 0.2) is 0 Å². The summed E-state index contributed by atoms with van der Waals surface area (Å²) in [5.41, 5.74) is 2.35. The van der Waals surface area contributed by atoms with Crippen molar-refractivity contribution in [2.75, 3.05) is 23.9 Å². The van der Waals surface area contributed by atoms with Crippen LogP contribution >= 0.6 is 0 Å². The number of nitrogens with zero attached hydrogens (tertiary/aromatic N) is 2. The fourth-order valence-electron chi connectivity index (χ4n) is 4.39. The molecule has 5 rings (SSSR count). The molecule has 0 saturated carbocycles. The molecule has 2 aliphatic heterocycles. The van der Waals surface area contributed by atoms with E-state index in [2.05, 4.69) is 5.32 Å². The van der Waals surface area contributed by atoms with Gasteiger partial charge in [-0.3, -0.25) is 4.79 Å².